The van der Waals surface area contributed by atoms with Crippen LogP contribution in [0.3, 0.4) is 0 Å². The summed E-state index contributed by atoms with van der Waals surface area (Å²) in [5.74, 6) is 1.62. The molecular formula is C16H27NO3. The normalized spacial score (nSPS) is 10.5. The Bertz CT molecular complexity index is 344. The van der Waals surface area contributed by atoms with Crippen molar-refractivity contribution >= 4 is 0 Å². The summed E-state index contributed by atoms with van der Waals surface area (Å²) in [6.45, 7) is 8.81. The zero-order chi connectivity index (χ0) is 14.5. The summed E-state index contributed by atoms with van der Waals surface area (Å²) in [6.07, 6.45) is 2.24. The second-order valence-corrected chi connectivity index (χ2v) is 4.38. The summed E-state index contributed by atoms with van der Waals surface area (Å²) in [5.41, 5.74) is 0. The molecule has 114 valence electrons. The molecule has 0 bridgehead atoms. The molecule has 1 rings (SSSR count). The van der Waals surface area contributed by atoms with Gasteiger partial charge in [0.2, 0.25) is 0 Å². The smallest absolute Gasteiger partial charge is 0.161 e. The van der Waals surface area contributed by atoms with E-state index in [9.17, 15) is 0 Å². The maximum atomic E-state index is 5.72. The van der Waals surface area contributed by atoms with Crippen molar-refractivity contribution in [1.82, 2.24) is 5.32 Å². The van der Waals surface area contributed by atoms with Crippen LogP contribution in [0.25, 0.3) is 0 Å². The van der Waals surface area contributed by atoms with E-state index in [4.69, 9.17) is 14.2 Å². The molecule has 20 heavy (non-hydrogen) atoms. The first-order chi connectivity index (χ1) is 9.88. The van der Waals surface area contributed by atoms with Gasteiger partial charge in [0.1, 0.15) is 6.61 Å². The Morgan fingerprint density at radius 2 is 1.60 bits per heavy atom. The van der Waals surface area contributed by atoms with Crippen LogP contribution in [-0.4, -0.2) is 39.5 Å². The highest BCUT2D eigenvalue weighted by Gasteiger charge is 2.02. The Morgan fingerprint density at radius 3 is 2.30 bits per heavy atom. The van der Waals surface area contributed by atoms with Crippen LogP contribution in [0.4, 0.5) is 0 Å². The first-order valence-corrected chi connectivity index (χ1v) is 7.51. The third kappa shape index (κ3) is 7.36. The van der Waals surface area contributed by atoms with E-state index in [0.717, 1.165) is 50.6 Å². The van der Waals surface area contributed by atoms with Gasteiger partial charge >= 0.3 is 0 Å². The Labute approximate surface area is 122 Å². The molecule has 0 aromatic heterocycles. The highest BCUT2D eigenvalue weighted by atomic mass is 16.5. The molecule has 0 radical (unpaired) electrons. The lowest BCUT2D eigenvalue weighted by Gasteiger charge is -2.11. The van der Waals surface area contributed by atoms with Gasteiger partial charge in [-0.25, -0.2) is 0 Å². The average molecular weight is 281 g/mol. The van der Waals surface area contributed by atoms with Gasteiger partial charge in [-0.2, -0.15) is 0 Å². The van der Waals surface area contributed by atoms with Crippen molar-refractivity contribution in [2.45, 2.75) is 26.7 Å². The molecule has 1 N–H and O–H groups in total. The van der Waals surface area contributed by atoms with Gasteiger partial charge < -0.3 is 19.5 Å². The Balaban J connectivity index is 2.06. The first kappa shape index (κ1) is 16.8. The van der Waals surface area contributed by atoms with E-state index in [0.29, 0.717) is 13.2 Å². The van der Waals surface area contributed by atoms with Gasteiger partial charge in [0.25, 0.3) is 0 Å². The molecule has 4 heteroatoms. The van der Waals surface area contributed by atoms with E-state index >= 15 is 0 Å². The summed E-state index contributed by atoms with van der Waals surface area (Å²) in [6, 6.07) is 7.78. The van der Waals surface area contributed by atoms with Crippen LogP contribution < -0.4 is 14.8 Å². The van der Waals surface area contributed by atoms with Gasteiger partial charge in [-0.05, 0) is 45.4 Å². The molecular weight excluding hydrogens is 254 g/mol. The minimum atomic E-state index is 0.648. The minimum absolute atomic E-state index is 0.648. The fourth-order valence-corrected chi connectivity index (χ4v) is 1.80. The number of ether oxygens (including phenoxy) is 3. The number of para-hydroxylation sites is 2. The second-order valence-electron chi connectivity index (χ2n) is 4.38. The molecule has 0 spiro atoms. The summed E-state index contributed by atoms with van der Waals surface area (Å²) < 4.78 is 16.5. The quantitative estimate of drug-likeness (QED) is 0.598. The van der Waals surface area contributed by atoms with Crippen molar-refractivity contribution in [3.8, 4) is 11.5 Å². The van der Waals surface area contributed by atoms with Crippen LogP contribution in [0.2, 0.25) is 0 Å². The largest absolute Gasteiger partial charge is 0.490 e. The molecule has 0 heterocycles. The van der Waals surface area contributed by atoms with Crippen LogP contribution in [0.5, 0.6) is 11.5 Å². The standard InChI is InChI=1S/C16H27NO3/c1-3-18-13-8-7-11-17-12-14-20-16-10-6-5-9-15(16)19-4-2/h5-6,9-10,17H,3-4,7-8,11-14H2,1-2H3. The molecule has 0 aliphatic carbocycles. The third-order valence-electron chi connectivity index (χ3n) is 2.78. The molecule has 0 saturated carbocycles. The van der Waals surface area contributed by atoms with Crippen LogP contribution >= 0.6 is 0 Å². The van der Waals surface area contributed by atoms with Crippen LogP contribution in [0, 0.1) is 0 Å². The summed E-state index contributed by atoms with van der Waals surface area (Å²) in [4.78, 5) is 0. The van der Waals surface area contributed by atoms with E-state index in [1.54, 1.807) is 0 Å². The lowest BCUT2D eigenvalue weighted by molar-refractivity contribution is 0.143. The van der Waals surface area contributed by atoms with Gasteiger partial charge in [0, 0.05) is 19.8 Å². The van der Waals surface area contributed by atoms with Gasteiger partial charge in [-0.1, -0.05) is 12.1 Å². The molecule has 0 unspecified atom stereocenters. The maximum absolute atomic E-state index is 5.72. The Kier molecular flexibility index (Phi) is 9.70. The molecule has 0 fully saturated rings. The molecule has 4 nitrogen and oxygen atoms in total. The highest BCUT2D eigenvalue weighted by Crippen LogP contribution is 2.25. The molecule has 0 atom stereocenters. The molecule has 0 aliphatic rings. The van der Waals surface area contributed by atoms with E-state index in [1.165, 1.54) is 0 Å². The first-order valence-electron chi connectivity index (χ1n) is 7.51. The van der Waals surface area contributed by atoms with E-state index in [1.807, 2.05) is 38.1 Å². The van der Waals surface area contributed by atoms with Crippen molar-refractivity contribution in [1.29, 1.82) is 0 Å². The van der Waals surface area contributed by atoms with Crippen molar-refractivity contribution < 1.29 is 14.2 Å². The predicted molar refractivity (Wildman–Crippen MR) is 81.7 cm³/mol. The van der Waals surface area contributed by atoms with Crippen LogP contribution in [-0.2, 0) is 4.74 Å². The zero-order valence-electron chi connectivity index (χ0n) is 12.7. The molecule has 0 saturated heterocycles. The van der Waals surface area contributed by atoms with Gasteiger partial charge in [0.05, 0.1) is 6.61 Å². The Hall–Kier alpha value is -1.26. The van der Waals surface area contributed by atoms with E-state index in [-0.39, 0.29) is 0 Å². The lowest BCUT2D eigenvalue weighted by atomic mass is 10.3. The highest BCUT2D eigenvalue weighted by molar-refractivity contribution is 5.39. The van der Waals surface area contributed by atoms with Gasteiger partial charge in [-0.15, -0.1) is 0 Å². The molecule has 1 aromatic rings. The van der Waals surface area contributed by atoms with Gasteiger partial charge in [0.15, 0.2) is 11.5 Å². The molecule has 0 aliphatic heterocycles. The fraction of sp³-hybridized carbons (Fsp3) is 0.625. The number of hydrogen-bond acceptors (Lipinski definition) is 4. The zero-order valence-corrected chi connectivity index (χ0v) is 12.7. The van der Waals surface area contributed by atoms with Gasteiger partial charge in [-0.3, -0.25) is 0 Å². The predicted octanol–water partition coefficient (Wildman–Crippen LogP) is 2.87. The minimum Gasteiger partial charge on any atom is -0.490 e. The number of nitrogens with one attached hydrogen (secondary N) is 1. The number of hydrogen-bond donors (Lipinski definition) is 1. The van der Waals surface area contributed by atoms with Crippen molar-refractivity contribution in [2.75, 3.05) is 39.5 Å². The summed E-state index contributed by atoms with van der Waals surface area (Å²) in [7, 11) is 0. The monoisotopic (exact) mass is 281 g/mol. The average Bonchev–Trinajstić information content (AvgIpc) is 2.47. The second kappa shape index (κ2) is 11.6. The lowest BCUT2D eigenvalue weighted by Crippen LogP contribution is -2.22. The van der Waals surface area contributed by atoms with Crippen molar-refractivity contribution in [3.05, 3.63) is 24.3 Å². The van der Waals surface area contributed by atoms with Crippen molar-refractivity contribution in [2.24, 2.45) is 0 Å². The topological polar surface area (TPSA) is 39.7 Å². The SMILES string of the molecule is CCOCCCCNCCOc1ccccc1OCC. The van der Waals surface area contributed by atoms with Crippen LogP contribution in [0.15, 0.2) is 24.3 Å². The molecule has 0 amide bonds. The summed E-state index contributed by atoms with van der Waals surface area (Å²) >= 11 is 0. The summed E-state index contributed by atoms with van der Waals surface area (Å²) in [5, 5.41) is 3.36. The third-order valence-corrected chi connectivity index (χ3v) is 2.78. The molecule has 1 aromatic carbocycles. The maximum Gasteiger partial charge on any atom is 0.161 e. The van der Waals surface area contributed by atoms with E-state index in [2.05, 4.69) is 5.32 Å². The fourth-order valence-electron chi connectivity index (χ4n) is 1.80. The van der Waals surface area contributed by atoms with Crippen LogP contribution in [0.1, 0.15) is 26.7 Å². The number of benzene rings is 1. The Morgan fingerprint density at radius 1 is 0.850 bits per heavy atom. The number of unbranched alkanes of at least 4 members (excludes halogenated alkanes) is 1. The van der Waals surface area contributed by atoms with Crippen molar-refractivity contribution in [3.63, 3.8) is 0 Å². The van der Waals surface area contributed by atoms with E-state index < -0.39 is 0 Å². The number of rotatable bonds is 12.